The minimum atomic E-state index is -0.334. The van der Waals surface area contributed by atoms with Crippen molar-refractivity contribution < 1.29 is 0 Å². The number of rotatable bonds is 9. The molecule has 1 heterocycles. The van der Waals surface area contributed by atoms with Crippen molar-refractivity contribution in [3.63, 3.8) is 0 Å². The molecular formula is C15H28N4O2. The second kappa shape index (κ2) is 8.64. The molecule has 0 aromatic carbocycles. The first-order chi connectivity index (χ1) is 10.1. The highest BCUT2D eigenvalue weighted by Crippen LogP contribution is 1.92. The molecular weight excluding hydrogens is 268 g/mol. The Balaban J connectivity index is 3.39. The van der Waals surface area contributed by atoms with Crippen LogP contribution in [-0.2, 0) is 19.6 Å². The predicted octanol–water partition coefficient (Wildman–Crippen LogP) is 1.69. The van der Waals surface area contributed by atoms with Crippen molar-refractivity contribution in [3.8, 4) is 0 Å². The van der Waals surface area contributed by atoms with Crippen LogP contribution in [-0.4, -0.2) is 13.7 Å². The summed E-state index contributed by atoms with van der Waals surface area (Å²) in [5.41, 5.74) is -0.626. The van der Waals surface area contributed by atoms with Crippen LogP contribution in [0.25, 0.3) is 0 Å². The SMILES string of the molecule is CCCCn1c(=N)n(CCCC)c(=O)n(CCCC)c1=O. The molecule has 0 saturated carbocycles. The quantitative estimate of drug-likeness (QED) is 0.753. The zero-order valence-electron chi connectivity index (χ0n) is 13.5. The first-order valence-electron chi connectivity index (χ1n) is 8.07. The molecule has 21 heavy (non-hydrogen) atoms. The van der Waals surface area contributed by atoms with Crippen molar-refractivity contribution >= 4 is 0 Å². The van der Waals surface area contributed by atoms with Crippen LogP contribution in [0.1, 0.15) is 59.3 Å². The van der Waals surface area contributed by atoms with E-state index in [1.54, 1.807) is 0 Å². The smallest absolute Gasteiger partial charge is 0.268 e. The van der Waals surface area contributed by atoms with Crippen LogP contribution in [0.5, 0.6) is 0 Å². The predicted molar refractivity (Wildman–Crippen MR) is 83.5 cm³/mol. The maximum absolute atomic E-state index is 12.4. The standard InChI is InChI=1S/C15H28N4O2/c1-4-7-10-17-13(16)18(11-8-5-2)15(21)19(14(17)20)12-9-6-3/h16H,4-12H2,1-3H3. The molecule has 0 bridgehead atoms. The molecule has 0 radical (unpaired) electrons. The minimum Gasteiger partial charge on any atom is -0.268 e. The van der Waals surface area contributed by atoms with Gasteiger partial charge in [-0.05, 0) is 19.3 Å². The molecule has 0 amide bonds. The van der Waals surface area contributed by atoms with Crippen LogP contribution in [0, 0.1) is 5.41 Å². The molecule has 0 aliphatic rings. The number of hydrogen-bond donors (Lipinski definition) is 1. The van der Waals surface area contributed by atoms with Gasteiger partial charge in [0.2, 0.25) is 5.62 Å². The lowest BCUT2D eigenvalue weighted by Crippen LogP contribution is -2.54. The van der Waals surface area contributed by atoms with Gasteiger partial charge in [0.15, 0.2) is 0 Å². The molecule has 1 aromatic rings. The van der Waals surface area contributed by atoms with Gasteiger partial charge in [0.1, 0.15) is 0 Å². The molecule has 0 unspecified atom stereocenters. The maximum atomic E-state index is 12.4. The van der Waals surface area contributed by atoms with Gasteiger partial charge >= 0.3 is 11.4 Å². The summed E-state index contributed by atoms with van der Waals surface area (Å²) in [6.45, 7) is 7.58. The fourth-order valence-electron chi connectivity index (χ4n) is 2.24. The summed E-state index contributed by atoms with van der Waals surface area (Å²) >= 11 is 0. The Morgan fingerprint density at radius 2 is 1.05 bits per heavy atom. The second-order valence-corrected chi connectivity index (χ2v) is 5.40. The summed E-state index contributed by atoms with van der Waals surface area (Å²) in [6.07, 6.45) is 5.31. The number of nitrogens with one attached hydrogen (secondary N) is 1. The van der Waals surface area contributed by atoms with Gasteiger partial charge in [-0.2, -0.15) is 0 Å². The van der Waals surface area contributed by atoms with E-state index < -0.39 is 0 Å². The van der Waals surface area contributed by atoms with Gasteiger partial charge < -0.3 is 0 Å². The second-order valence-electron chi connectivity index (χ2n) is 5.40. The van der Waals surface area contributed by atoms with Crippen molar-refractivity contribution in [2.24, 2.45) is 0 Å². The van der Waals surface area contributed by atoms with E-state index >= 15 is 0 Å². The van der Waals surface area contributed by atoms with E-state index in [0.29, 0.717) is 19.6 Å². The molecule has 1 aromatic heterocycles. The molecule has 0 saturated heterocycles. The van der Waals surface area contributed by atoms with E-state index in [0.717, 1.165) is 38.5 Å². The van der Waals surface area contributed by atoms with Crippen molar-refractivity contribution in [1.29, 1.82) is 5.41 Å². The summed E-state index contributed by atoms with van der Waals surface area (Å²) < 4.78 is 4.18. The third-order valence-corrected chi connectivity index (χ3v) is 3.64. The normalized spacial score (nSPS) is 11.0. The molecule has 0 aliphatic heterocycles. The van der Waals surface area contributed by atoms with Gasteiger partial charge in [-0.3, -0.25) is 14.5 Å². The first-order valence-corrected chi connectivity index (χ1v) is 8.07. The molecule has 0 fully saturated rings. The largest absolute Gasteiger partial charge is 0.334 e. The lowest BCUT2D eigenvalue weighted by Gasteiger charge is -2.15. The van der Waals surface area contributed by atoms with E-state index in [-0.39, 0.29) is 17.0 Å². The van der Waals surface area contributed by atoms with Crippen LogP contribution < -0.4 is 17.0 Å². The van der Waals surface area contributed by atoms with E-state index in [2.05, 4.69) is 0 Å². The summed E-state index contributed by atoms with van der Waals surface area (Å²) in [6, 6.07) is 0. The molecule has 0 atom stereocenters. The Morgan fingerprint density at radius 3 is 1.38 bits per heavy atom. The third kappa shape index (κ3) is 4.19. The lowest BCUT2D eigenvalue weighted by molar-refractivity contribution is 0.411. The van der Waals surface area contributed by atoms with Gasteiger partial charge in [0.25, 0.3) is 0 Å². The minimum absolute atomic E-state index is 0.0413. The maximum Gasteiger partial charge on any atom is 0.334 e. The molecule has 6 nitrogen and oxygen atoms in total. The average Bonchev–Trinajstić information content (AvgIpc) is 2.47. The molecule has 1 N–H and O–H groups in total. The van der Waals surface area contributed by atoms with Crippen LogP contribution in [0.15, 0.2) is 9.59 Å². The molecule has 6 heteroatoms. The Bertz CT molecular complexity index is 494. The summed E-state index contributed by atoms with van der Waals surface area (Å²) in [5.74, 6) is 0. The summed E-state index contributed by atoms with van der Waals surface area (Å²) in [5, 5.41) is 8.17. The zero-order valence-corrected chi connectivity index (χ0v) is 13.5. The fraction of sp³-hybridized carbons (Fsp3) is 0.800. The van der Waals surface area contributed by atoms with Gasteiger partial charge in [-0.15, -0.1) is 0 Å². The Hall–Kier alpha value is -1.59. The van der Waals surface area contributed by atoms with Gasteiger partial charge in [0.05, 0.1) is 0 Å². The number of aromatic nitrogens is 3. The third-order valence-electron chi connectivity index (χ3n) is 3.64. The number of unbranched alkanes of at least 4 members (excludes halogenated alkanes) is 3. The summed E-state index contributed by atoms with van der Waals surface area (Å²) in [7, 11) is 0. The number of hydrogen-bond acceptors (Lipinski definition) is 3. The van der Waals surface area contributed by atoms with Crippen molar-refractivity contribution in [2.75, 3.05) is 0 Å². The Kier molecular flexibility index (Phi) is 7.19. The van der Waals surface area contributed by atoms with Crippen LogP contribution in [0.2, 0.25) is 0 Å². The number of nitrogens with zero attached hydrogens (tertiary/aromatic N) is 3. The highest BCUT2D eigenvalue weighted by molar-refractivity contribution is 4.77. The van der Waals surface area contributed by atoms with E-state index in [1.807, 2.05) is 20.8 Å². The van der Waals surface area contributed by atoms with Crippen LogP contribution >= 0.6 is 0 Å². The first kappa shape index (κ1) is 17.5. The fourth-order valence-corrected chi connectivity index (χ4v) is 2.24. The van der Waals surface area contributed by atoms with Crippen LogP contribution in [0.3, 0.4) is 0 Å². The molecule has 0 aliphatic carbocycles. The lowest BCUT2D eigenvalue weighted by atomic mass is 10.3. The molecule has 120 valence electrons. The van der Waals surface area contributed by atoms with Crippen LogP contribution in [0.4, 0.5) is 0 Å². The van der Waals surface area contributed by atoms with Crippen molar-refractivity contribution in [3.05, 3.63) is 26.6 Å². The highest BCUT2D eigenvalue weighted by Gasteiger charge is 2.12. The summed E-state index contributed by atoms with van der Waals surface area (Å²) in [4.78, 5) is 24.9. The van der Waals surface area contributed by atoms with Gasteiger partial charge in [0, 0.05) is 19.6 Å². The van der Waals surface area contributed by atoms with Crippen molar-refractivity contribution in [2.45, 2.75) is 78.9 Å². The van der Waals surface area contributed by atoms with Crippen molar-refractivity contribution in [1.82, 2.24) is 13.7 Å². The molecule has 1 rings (SSSR count). The zero-order chi connectivity index (χ0) is 15.8. The van der Waals surface area contributed by atoms with E-state index in [4.69, 9.17) is 5.41 Å². The van der Waals surface area contributed by atoms with Gasteiger partial charge in [-0.25, -0.2) is 14.2 Å². The monoisotopic (exact) mass is 296 g/mol. The Morgan fingerprint density at radius 1 is 0.714 bits per heavy atom. The Labute approximate surface area is 125 Å². The highest BCUT2D eigenvalue weighted by atomic mass is 16.2. The topological polar surface area (TPSA) is 72.8 Å². The van der Waals surface area contributed by atoms with Gasteiger partial charge in [-0.1, -0.05) is 40.0 Å². The average molecular weight is 296 g/mol. The van der Waals surface area contributed by atoms with E-state index in [9.17, 15) is 9.59 Å². The van der Waals surface area contributed by atoms with E-state index in [1.165, 1.54) is 13.7 Å². The molecule has 0 spiro atoms.